The van der Waals surface area contributed by atoms with Crippen LogP contribution in [0.3, 0.4) is 0 Å². The number of hydrogen-bond acceptors (Lipinski definition) is 4. The van der Waals surface area contributed by atoms with E-state index in [1.807, 2.05) is 0 Å². The lowest BCUT2D eigenvalue weighted by Gasteiger charge is -2.19. The van der Waals surface area contributed by atoms with Crippen LogP contribution in [0.15, 0.2) is 53.7 Å². The van der Waals surface area contributed by atoms with Crippen molar-refractivity contribution in [3.05, 3.63) is 65.1 Å². The van der Waals surface area contributed by atoms with E-state index in [2.05, 4.69) is 4.72 Å². The van der Waals surface area contributed by atoms with Crippen molar-refractivity contribution in [1.82, 2.24) is 4.72 Å². The first-order chi connectivity index (χ1) is 11.1. The fraction of sp³-hybridized carbons (Fsp3) is 0.250. The molecule has 0 aliphatic rings. The number of benzene rings is 1. The van der Waals surface area contributed by atoms with Crippen molar-refractivity contribution in [3.8, 4) is 0 Å². The van der Waals surface area contributed by atoms with Crippen molar-refractivity contribution in [2.75, 3.05) is 0 Å². The zero-order valence-corrected chi connectivity index (χ0v) is 14.1. The summed E-state index contributed by atoms with van der Waals surface area (Å²) in [6, 6.07) is 9.33. The first-order valence-corrected chi connectivity index (χ1v) is 8.62. The second-order valence-corrected chi connectivity index (χ2v) is 7.62. The van der Waals surface area contributed by atoms with Crippen LogP contribution < -0.4 is 9.45 Å². The standard InChI is InChI=1S/C16H18N2O5S/c1-16(2,15(19)20)13-7-5-12(6-8-13)10-17-24(22,23)14-4-3-9-18(21)11-14/h3-9,11,17H,10H2,1-2H3,(H,19,20). The van der Waals surface area contributed by atoms with Crippen molar-refractivity contribution >= 4 is 16.0 Å². The molecule has 0 saturated carbocycles. The van der Waals surface area contributed by atoms with Gasteiger partial charge in [-0.3, -0.25) is 4.79 Å². The van der Waals surface area contributed by atoms with Gasteiger partial charge in [-0.2, -0.15) is 4.73 Å². The molecule has 2 rings (SSSR count). The molecule has 8 heteroatoms. The van der Waals surface area contributed by atoms with Gasteiger partial charge in [0.2, 0.25) is 10.0 Å². The van der Waals surface area contributed by atoms with E-state index in [4.69, 9.17) is 0 Å². The van der Waals surface area contributed by atoms with Gasteiger partial charge in [-0.25, -0.2) is 13.1 Å². The molecule has 0 fully saturated rings. The maximum Gasteiger partial charge on any atom is 0.313 e. The highest BCUT2D eigenvalue weighted by atomic mass is 32.2. The summed E-state index contributed by atoms with van der Waals surface area (Å²) >= 11 is 0. The molecule has 128 valence electrons. The molecule has 7 nitrogen and oxygen atoms in total. The monoisotopic (exact) mass is 350 g/mol. The molecule has 1 aromatic heterocycles. The molecule has 1 heterocycles. The maximum absolute atomic E-state index is 12.1. The van der Waals surface area contributed by atoms with E-state index in [0.29, 0.717) is 15.9 Å². The van der Waals surface area contributed by atoms with Gasteiger partial charge in [-0.1, -0.05) is 24.3 Å². The highest BCUT2D eigenvalue weighted by Crippen LogP contribution is 2.23. The Balaban J connectivity index is 2.11. The SMILES string of the molecule is CC(C)(C(=O)O)c1ccc(CNS(=O)(=O)c2ccc[n+]([O-])c2)cc1. The molecule has 1 aromatic carbocycles. The molecule has 24 heavy (non-hydrogen) atoms. The number of aromatic nitrogens is 1. The summed E-state index contributed by atoms with van der Waals surface area (Å²) < 4.78 is 27.1. The van der Waals surface area contributed by atoms with Crippen molar-refractivity contribution in [2.45, 2.75) is 30.7 Å². The first-order valence-electron chi connectivity index (χ1n) is 7.14. The molecule has 0 atom stereocenters. The van der Waals surface area contributed by atoms with Gasteiger partial charge in [0.25, 0.3) is 0 Å². The Morgan fingerprint density at radius 3 is 2.42 bits per heavy atom. The Kier molecular flexibility index (Phi) is 4.91. The summed E-state index contributed by atoms with van der Waals surface area (Å²) in [6.45, 7) is 3.23. The van der Waals surface area contributed by atoms with E-state index in [9.17, 15) is 23.5 Å². The summed E-state index contributed by atoms with van der Waals surface area (Å²) in [5.74, 6) is -0.939. The maximum atomic E-state index is 12.1. The van der Waals surface area contributed by atoms with Crippen molar-refractivity contribution < 1.29 is 23.0 Å². The summed E-state index contributed by atoms with van der Waals surface area (Å²) in [5, 5.41) is 20.4. The normalized spacial score (nSPS) is 12.1. The van der Waals surface area contributed by atoms with Crippen LogP contribution in [0.5, 0.6) is 0 Å². The zero-order chi connectivity index (χ0) is 18.0. The first kappa shape index (κ1) is 17.9. The Labute approximate surface area is 140 Å². The molecule has 0 radical (unpaired) electrons. The zero-order valence-electron chi connectivity index (χ0n) is 13.3. The van der Waals surface area contributed by atoms with E-state index < -0.39 is 21.4 Å². The molecule has 0 saturated heterocycles. The molecule has 0 aliphatic heterocycles. The fourth-order valence-corrected chi connectivity index (χ4v) is 3.04. The molecule has 2 N–H and O–H groups in total. The Morgan fingerprint density at radius 2 is 1.88 bits per heavy atom. The molecule has 0 bridgehead atoms. The molecule has 0 unspecified atom stereocenters. The average Bonchev–Trinajstić information content (AvgIpc) is 2.53. The van der Waals surface area contributed by atoms with Gasteiger partial charge in [0.1, 0.15) is 4.90 Å². The average molecular weight is 350 g/mol. The van der Waals surface area contributed by atoms with E-state index in [-0.39, 0.29) is 11.4 Å². The smallest absolute Gasteiger partial charge is 0.313 e. The summed E-state index contributed by atoms with van der Waals surface area (Å²) in [6.07, 6.45) is 2.17. The minimum atomic E-state index is -3.80. The molecule has 0 aliphatic carbocycles. The largest absolute Gasteiger partial charge is 0.619 e. The second-order valence-electron chi connectivity index (χ2n) is 5.85. The number of rotatable bonds is 6. The number of carboxylic acid groups (broad SMARTS) is 1. The third-order valence-corrected chi connectivity index (χ3v) is 5.12. The van der Waals surface area contributed by atoms with Gasteiger partial charge in [-0.15, -0.1) is 0 Å². The molecule has 0 amide bonds. The van der Waals surface area contributed by atoms with Crippen LogP contribution in [0, 0.1) is 5.21 Å². The number of carbonyl (C=O) groups is 1. The van der Waals surface area contributed by atoms with Gasteiger partial charge in [0.15, 0.2) is 12.4 Å². The Morgan fingerprint density at radius 1 is 1.25 bits per heavy atom. The van der Waals surface area contributed by atoms with Crippen LogP contribution >= 0.6 is 0 Å². The Hall–Kier alpha value is -2.45. The van der Waals surface area contributed by atoms with Gasteiger partial charge in [0.05, 0.1) is 5.41 Å². The number of nitrogens with zero attached hydrogens (tertiary/aromatic N) is 1. The number of hydrogen-bond donors (Lipinski definition) is 2. The fourth-order valence-electron chi connectivity index (χ4n) is 2.02. The van der Waals surface area contributed by atoms with Gasteiger partial charge < -0.3 is 10.3 Å². The van der Waals surface area contributed by atoms with E-state index in [1.165, 1.54) is 18.3 Å². The lowest BCUT2D eigenvalue weighted by atomic mass is 9.84. The summed E-state index contributed by atoms with van der Waals surface area (Å²) in [5.41, 5.74) is 0.274. The van der Waals surface area contributed by atoms with Gasteiger partial charge in [-0.05, 0) is 31.0 Å². The van der Waals surface area contributed by atoms with Crippen LogP contribution in [-0.4, -0.2) is 19.5 Å². The lowest BCUT2D eigenvalue weighted by Crippen LogP contribution is -2.30. The predicted molar refractivity (Wildman–Crippen MR) is 86.5 cm³/mol. The Bertz CT molecular complexity index is 845. The third kappa shape index (κ3) is 3.90. The van der Waals surface area contributed by atoms with Crippen molar-refractivity contribution in [3.63, 3.8) is 0 Å². The lowest BCUT2D eigenvalue weighted by molar-refractivity contribution is -0.607. The molecule has 0 spiro atoms. The highest BCUT2D eigenvalue weighted by molar-refractivity contribution is 7.89. The molecular formula is C16H18N2O5S. The van der Waals surface area contributed by atoms with Crippen LogP contribution in [-0.2, 0) is 26.8 Å². The van der Waals surface area contributed by atoms with Gasteiger partial charge >= 0.3 is 5.97 Å². The van der Waals surface area contributed by atoms with Crippen LogP contribution in [0.2, 0.25) is 0 Å². The van der Waals surface area contributed by atoms with Crippen LogP contribution in [0.4, 0.5) is 0 Å². The number of nitrogens with one attached hydrogen (secondary N) is 1. The second kappa shape index (κ2) is 6.58. The highest BCUT2D eigenvalue weighted by Gasteiger charge is 2.29. The summed E-state index contributed by atoms with van der Waals surface area (Å²) in [4.78, 5) is 11.1. The molecular weight excluding hydrogens is 332 g/mol. The predicted octanol–water partition coefficient (Wildman–Crippen LogP) is 1.16. The van der Waals surface area contributed by atoms with E-state index in [1.54, 1.807) is 38.1 Å². The minimum Gasteiger partial charge on any atom is -0.619 e. The van der Waals surface area contributed by atoms with Crippen molar-refractivity contribution in [1.29, 1.82) is 0 Å². The number of carboxylic acids is 1. The van der Waals surface area contributed by atoms with Crippen molar-refractivity contribution in [2.24, 2.45) is 0 Å². The summed E-state index contributed by atoms with van der Waals surface area (Å²) in [7, 11) is -3.80. The minimum absolute atomic E-state index is 0.0316. The number of sulfonamides is 1. The number of aliphatic carboxylic acids is 1. The van der Waals surface area contributed by atoms with Gasteiger partial charge in [0, 0.05) is 12.6 Å². The van der Waals surface area contributed by atoms with E-state index in [0.717, 1.165) is 6.20 Å². The van der Waals surface area contributed by atoms with Crippen LogP contribution in [0.1, 0.15) is 25.0 Å². The van der Waals surface area contributed by atoms with Crippen LogP contribution in [0.25, 0.3) is 0 Å². The molecule has 2 aromatic rings. The topological polar surface area (TPSA) is 110 Å². The third-order valence-electron chi connectivity index (χ3n) is 3.73. The number of pyridine rings is 1. The quantitative estimate of drug-likeness (QED) is 0.600. The van der Waals surface area contributed by atoms with E-state index >= 15 is 0 Å².